The number of benzene rings is 2. The molecular weight excluding hydrogens is 464 g/mol. The summed E-state index contributed by atoms with van der Waals surface area (Å²) in [4.78, 5) is 21.2. The number of para-hydroxylation sites is 1. The van der Waals surface area contributed by atoms with Crippen molar-refractivity contribution in [1.29, 1.82) is 0 Å². The number of rotatable bonds is 7. The van der Waals surface area contributed by atoms with Crippen LogP contribution in [0.2, 0.25) is 0 Å². The fourth-order valence-corrected chi connectivity index (χ4v) is 4.67. The molecule has 10 nitrogen and oxygen atoms in total. The van der Waals surface area contributed by atoms with Gasteiger partial charge in [0, 0.05) is 30.3 Å². The first-order chi connectivity index (χ1) is 17.6. The Morgan fingerprint density at radius 1 is 1.14 bits per heavy atom. The van der Waals surface area contributed by atoms with Crippen LogP contribution in [-0.2, 0) is 9.53 Å². The molecule has 1 aromatic heterocycles. The number of hydrogen-bond acceptors (Lipinski definition) is 9. The summed E-state index contributed by atoms with van der Waals surface area (Å²) in [5.74, 6) is 2.27. The van der Waals surface area contributed by atoms with Crippen LogP contribution in [0.25, 0.3) is 11.4 Å². The van der Waals surface area contributed by atoms with E-state index in [1.807, 2.05) is 55.5 Å². The van der Waals surface area contributed by atoms with Gasteiger partial charge in [0.1, 0.15) is 0 Å². The van der Waals surface area contributed by atoms with Gasteiger partial charge in [-0.3, -0.25) is 4.79 Å². The first-order valence-electron chi connectivity index (χ1n) is 12.2. The second-order valence-corrected chi connectivity index (χ2v) is 8.79. The predicted molar refractivity (Wildman–Crippen MR) is 131 cm³/mol. The molecule has 0 radical (unpaired) electrons. The van der Waals surface area contributed by atoms with Crippen LogP contribution in [0.5, 0.6) is 11.5 Å². The summed E-state index contributed by atoms with van der Waals surface area (Å²) in [5.41, 5.74) is 1.59. The number of hydrogen-bond donors (Lipinski definition) is 1. The van der Waals surface area contributed by atoms with Crippen molar-refractivity contribution < 1.29 is 28.6 Å². The van der Waals surface area contributed by atoms with Crippen LogP contribution in [0.15, 0.2) is 53.1 Å². The van der Waals surface area contributed by atoms with Gasteiger partial charge in [-0.05, 0) is 50.1 Å². The molecule has 2 aliphatic rings. The van der Waals surface area contributed by atoms with Crippen LogP contribution in [-0.4, -0.2) is 71.9 Å². The van der Waals surface area contributed by atoms with E-state index in [1.54, 1.807) is 16.9 Å². The van der Waals surface area contributed by atoms with Gasteiger partial charge in [0.15, 0.2) is 17.6 Å². The molecule has 36 heavy (non-hydrogen) atoms. The molecule has 3 aromatic rings. The Hall–Kier alpha value is -3.63. The molecule has 3 heterocycles. The van der Waals surface area contributed by atoms with E-state index < -0.39 is 12.5 Å². The first-order valence-corrected chi connectivity index (χ1v) is 12.2. The average molecular weight is 495 g/mol. The molecule has 1 N–H and O–H groups in total. The first kappa shape index (κ1) is 24.1. The summed E-state index contributed by atoms with van der Waals surface area (Å²) >= 11 is 0. The summed E-state index contributed by atoms with van der Waals surface area (Å²) in [5, 5.41) is 14.5. The van der Waals surface area contributed by atoms with Gasteiger partial charge < -0.3 is 33.6 Å². The minimum atomic E-state index is -1.14. The van der Waals surface area contributed by atoms with Gasteiger partial charge in [0.2, 0.25) is 18.1 Å². The van der Waals surface area contributed by atoms with Crippen LogP contribution in [0.4, 0.5) is 5.69 Å². The minimum absolute atomic E-state index is 0.0656. The zero-order valence-electron chi connectivity index (χ0n) is 20.4. The molecule has 2 saturated heterocycles. The summed E-state index contributed by atoms with van der Waals surface area (Å²) in [6.45, 7) is 3.88. The van der Waals surface area contributed by atoms with Crippen molar-refractivity contribution in [2.45, 2.75) is 38.2 Å². The zero-order chi connectivity index (χ0) is 25.1. The number of carbonyl (C=O) groups excluding carboxylic acids is 1. The largest absolute Gasteiger partial charge is 0.493 e. The Labute approximate surface area is 209 Å². The van der Waals surface area contributed by atoms with Crippen LogP contribution in [0, 0.1) is 0 Å². The second-order valence-electron chi connectivity index (χ2n) is 8.79. The average Bonchev–Trinajstić information content (AvgIpc) is 3.57. The molecule has 1 unspecified atom stereocenters. The van der Waals surface area contributed by atoms with E-state index in [4.69, 9.17) is 18.7 Å². The summed E-state index contributed by atoms with van der Waals surface area (Å²) in [6, 6.07) is 15.0. The molecule has 10 heteroatoms. The molecule has 0 bridgehead atoms. The van der Waals surface area contributed by atoms with Crippen molar-refractivity contribution in [3.8, 4) is 22.9 Å². The number of aliphatic hydroxyl groups is 1. The van der Waals surface area contributed by atoms with E-state index in [0.717, 1.165) is 11.3 Å². The highest BCUT2D eigenvalue weighted by Gasteiger charge is 2.39. The molecular formula is C26H30N4O6. The number of aromatic nitrogens is 2. The van der Waals surface area contributed by atoms with Crippen LogP contribution < -0.4 is 14.4 Å². The third-order valence-electron chi connectivity index (χ3n) is 6.60. The molecule has 1 amide bonds. The Morgan fingerprint density at radius 3 is 2.64 bits per heavy atom. The third-order valence-corrected chi connectivity index (χ3v) is 6.60. The number of aliphatic hydroxyl groups excluding tert-OH is 1. The highest BCUT2D eigenvalue weighted by molar-refractivity contribution is 5.82. The van der Waals surface area contributed by atoms with E-state index in [9.17, 15) is 9.90 Å². The number of piperidine rings is 1. The fraction of sp³-hybridized carbons (Fsp3) is 0.423. The standard InChI is InChI=1S/C26H30N4O6/c1-3-34-20-10-9-18(15-21(20)33-2)23-27-24(36-28-23)17-11-13-29(14-12-17)25(31)22-16-30(26(32)35-22)19-7-5-4-6-8-19/h4-10,15,17,22,26,32H,3,11-14,16H2,1-2H3/t22-,26?/m1/s1. The fourth-order valence-electron chi connectivity index (χ4n) is 4.67. The molecule has 2 atom stereocenters. The SMILES string of the molecule is CCOc1ccc(-c2noc(C3CCN(C(=O)[C@H]4CN(c5ccccc5)C(O)O4)CC3)n2)cc1OC. The van der Waals surface area contributed by atoms with Crippen LogP contribution in [0.3, 0.4) is 0 Å². The quantitative estimate of drug-likeness (QED) is 0.530. The van der Waals surface area contributed by atoms with Gasteiger partial charge in [-0.1, -0.05) is 23.4 Å². The molecule has 5 rings (SSSR count). The number of amides is 1. The predicted octanol–water partition coefficient (Wildman–Crippen LogP) is 3.03. The Bertz CT molecular complexity index is 1180. The third kappa shape index (κ3) is 4.87. The van der Waals surface area contributed by atoms with Gasteiger partial charge in [-0.2, -0.15) is 4.98 Å². The van der Waals surface area contributed by atoms with Crippen molar-refractivity contribution in [3.05, 3.63) is 54.4 Å². The van der Waals surface area contributed by atoms with E-state index >= 15 is 0 Å². The Morgan fingerprint density at radius 2 is 1.92 bits per heavy atom. The number of anilines is 1. The monoisotopic (exact) mass is 494 g/mol. The number of ether oxygens (including phenoxy) is 3. The normalized spacial score (nSPS) is 20.5. The molecule has 0 saturated carbocycles. The summed E-state index contributed by atoms with van der Waals surface area (Å²) in [7, 11) is 1.59. The van der Waals surface area contributed by atoms with Gasteiger partial charge in [0.05, 0.1) is 20.3 Å². The maximum absolute atomic E-state index is 13.1. The van der Waals surface area contributed by atoms with Gasteiger partial charge in [-0.25, -0.2) is 0 Å². The van der Waals surface area contributed by atoms with Crippen molar-refractivity contribution in [1.82, 2.24) is 15.0 Å². The topological polar surface area (TPSA) is 110 Å². The molecule has 2 aromatic carbocycles. The zero-order valence-corrected chi connectivity index (χ0v) is 20.4. The number of nitrogens with zero attached hydrogens (tertiary/aromatic N) is 4. The van der Waals surface area contributed by atoms with E-state index in [2.05, 4.69) is 10.1 Å². The molecule has 0 aliphatic carbocycles. The van der Waals surface area contributed by atoms with Crippen molar-refractivity contribution >= 4 is 11.6 Å². The lowest BCUT2D eigenvalue weighted by Gasteiger charge is -2.31. The highest BCUT2D eigenvalue weighted by Crippen LogP contribution is 2.34. The van der Waals surface area contributed by atoms with Gasteiger partial charge in [0.25, 0.3) is 5.91 Å². The molecule has 2 fully saturated rings. The van der Waals surface area contributed by atoms with Crippen molar-refractivity contribution in [2.24, 2.45) is 0 Å². The lowest BCUT2D eigenvalue weighted by Crippen LogP contribution is -2.45. The Kier molecular flexibility index (Phi) is 7.06. The van der Waals surface area contributed by atoms with Gasteiger partial charge >= 0.3 is 0 Å². The molecule has 0 spiro atoms. The number of likely N-dealkylation sites (tertiary alicyclic amines) is 1. The van der Waals surface area contributed by atoms with Crippen LogP contribution >= 0.6 is 0 Å². The maximum Gasteiger partial charge on any atom is 0.253 e. The van der Waals surface area contributed by atoms with E-state index in [1.165, 1.54) is 0 Å². The number of methoxy groups -OCH3 is 1. The highest BCUT2D eigenvalue weighted by atomic mass is 16.6. The van der Waals surface area contributed by atoms with Crippen LogP contribution in [0.1, 0.15) is 31.6 Å². The summed E-state index contributed by atoms with van der Waals surface area (Å²) in [6.07, 6.45) is -0.437. The lowest BCUT2D eigenvalue weighted by atomic mass is 9.96. The van der Waals surface area contributed by atoms with Crippen molar-refractivity contribution in [2.75, 3.05) is 38.3 Å². The second kappa shape index (κ2) is 10.5. The lowest BCUT2D eigenvalue weighted by molar-refractivity contribution is -0.153. The molecule has 2 aliphatic heterocycles. The number of carbonyl (C=O) groups is 1. The maximum atomic E-state index is 13.1. The summed E-state index contributed by atoms with van der Waals surface area (Å²) < 4.78 is 22.2. The Balaban J connectivity index is 1.19. The van der Waals surface area contributed by atoms with Crippen molar-refractivity contribution in [3.63, 3.8) is 0 Å². The molecule has 190 valence electrons. The van der Waals surface area contributed by atoms with E-state index in [0.29, 0.717) is 62.3 Å². The smallest absolute Gasteiger partial charge is 0.253 e. The van der Waals surface area contributed by atoms with Gasteiger partial charge in [-0.15, -0.1) is 0 Å². The minimum Gasteiger partial charge on any atom is -0.493 e. The van der Waals surface area contributed by atoms with E-state index in [-0.39, 0.29) is 11.8 Å².